The van der Waals surface area contributed by atoms with Crippen molar-refractivity contribution in [1.82, 2.24) is 19.6 Å². The van der Waals surface area contributed by atoms with Crippen molar-refractivity contribution in [3.05, 3.63) is 64.2 Å². The van der Waals surface area contributed by atoms with E-state index in [1.807, 2.05) is 19.0 Å². The highest BCUT2D eigenvalue weighted by molar-refractivity contribution is 5.92. The molecule has 9 nitrogen and oxygen atoms in total. The van der Waals surface area contributed by atoms with E-state index in [0.29, 0.717) is 52.7 Å². The number of carbonyl (C=O) groups is 1. The SMILES string of the molecule is Cc1cc(-c2noc(CCC(=O)Nc3ccc4oc(=O)n(CCN(C)C)c4c3)n2)ccc1F. The van der Waals surface area contributed by atoms with Gasteiger partial charge in [0.1, 0.15) is 5.82 Å². The van der Waals surface area contributed by atoms with Crippen LogP contribution >= 0.6 is 0 Å². The Kier molecular flexibility index (Phi) is 6.36. The first kappa shape index (κ1) is 22.4. The van der Waals surface area contributed by atoms with E-state index in [-0.39, 0.29) is 24.6 Å². The molecule has 0 bridgehead atoms. The van der Waals surface area contributed by atoms with Crippen molar-refractivity contribution in [3.63, 3.8) is 0 Å². The van der Waals surface area contributed by atoms with E-state index in [1.165, 1.54) is 6.07 Å². The standard InChI is InChI=1S/C23H24FN5O4/c1-14-12-15(4-6-17(14)24)22-26-21(33-27-22)9-8-20(30)25-16-5-7-19-18(13-16)29(23(31)32-19)11-10-28(2)3/h4-7,12-13H,8-11H2,1-3H3,(H,25,30). The molecule has 0 aliphatic carbocycles. The molecule has 0 fully saturated rings. The van der Waals surface area contributed by atoms with Crippen LogP contribution in [0.5, 0.6) is 0 Å². The summed E-state index contributed by atoms with van der Waals surface area (Å²) in [7, 11) is 3.85. The third-order valence-corrected chi connectivity index (χ3v) is 5.17. The molecule has 0 radical (unpaired) electrons. The Morgan fingerprint density at radius 1 is 1.21 bits per heavy atom. The number of aromatic nitrogens is 3. The van der Waals surface area contributed by atoms with Crippen molar-refractivity contribution in [2.24, 2.45) is 0 Å². The van der Waals surface area contributed by atoms with E-state index in [1.54, 1.807) is 41.8 Å². The van der Waals surface area contributed by atoms with Gasteiger partial charge < -0.3 is 19.2 Å². The monoisotopic (exact) mass is 453 g/mol. The molecule has 2 aromatic carbocycles. The fourth-order valence-corrected chi connectivity index (χ4v) is 3.35. The quantitative estimate of drug-likeness (QED) is 0.437. The minimum absolute atomic E-state index is 0.126. The second kappa shape index (κ2) is 9.37. The van der Waals surface area contributed by atoms with Crippen molar-refractivity contribution in [2.75, 3.05) is 26.0 Å². The highest BCUT2D eigenvalue weighted by Crippen LogP contribution is 2.21. The normalized spacial score (nSPS) is 11.4. The van der Waals surface area contributed by atoms with Gasteiger partial charge in [-0.15, -0.1) is 0 Å². The highest BCUT2D eigenvalue weighted by atomic mass is 19.1. The first-order chi connectivity index (χ1) is 15.8. The Bertz CT molecular complexity index is 1350. The third kappa shape index (κ3) is 5.17. The Hall–Kier alpha value is -3.79. The minimum atomic E-state index is -0.432. The van der Waals surface area contributed by atoms with Crippen molar-refractivity contribution < 1.29 is 18.1 Å². The number of halogens is 1. The zero-order valence-electron chi connectivity index (χ0n) is 18.6. The van der Waals surface area contributed by atoms with Crippen LogP contribution in [0, 0.1) is 12.7 Å². The number of hydrogen-bond acceptors (Lipinski definition) is 7. The second-order valence-electron chi connectivity index (χ2n) is 8.03. The van der Waals surface area contributed by atoms with Gasteiger partial charge in [-0.3, -0.25) is 9.36 Å². The predicted molar refractivity (Wildman–Crippen MR) is 120 cm³/mol. The molecule has 4 rings (SSSR count). The summed E-state index contributed by atoms with van der Waals surface area (Å²) >= 11 is 0. The number of anilines is 1. The number of likely N-dealkylation sites (N-methyl/N-ethyl adjacent to an activating group) is 1. The van der Waals surface area contributed by atoms with Gasteiger partial charge in [0.15, 0.2) is 5.58 Å². The lowest BCUT2D eigenvalue weighted by Crippen LogP contribution is -2.23. The number of nitrogens with one attached hydrogen (secondary N) is 1. The lowest BCUT2D eigenvalue weighted by molar-refractivity contribution is -0.116. The summed E-state index contributed by atoms with van der Waals surface area (Å²) in [6.07, 6.45) is 0.376. The number of hydrogen-bond donors (Lipinski definition) is 1. The van der Waals surface area contributed by atoms with E-state index in [4.69, 9.17) is 8.94 Å². The van der Waals surface area contributed by atoms with Crippen molar-refractivity contribution in [3.8, 4) is 11.4 Å². The molecular formula is C23H24FN5O4. The lowest BCUT2D eigenvalue weighted by Gasteiger charge is -2.10. The van der Waals surface area contributed by atoms with Gasteiger partial charge in [0, 0.05) is 37.2 Å². The van der Waals surface area contributed by atoms with E-state index >= 15 is 0 Å². The first-order valence-corrected chi connectivity index (χ1v) is 10.5. The number of rotatable bonds is 8. The maximum atomic E-state index is 13.5. The zero-order chi connectivity index (χ0) is 23.5. The van der Waals surface area contributed by atoms with Crippen LogP contribution in [0.3, 0.4) is 0 Å². The number of carbonyl (C=O) groups excluding carboxylic acids is 1. The minimum Gasteiger partial charge on any atom is -0.408 e. The highest BCUT2D eigenvalue weighted by Gasteiger charge is 2.14. The number of oxazole rings is 1. The molecule has 10 heteroatoms. The van der Waals surface area contributed by atoms with E-state index in [9.17, 15) is 14.0 Å². The molecule has 0 saturated heterocycles. The number of amides is 1. The van der Waals surface area contributed by atoms with Crippen LogP contribution in [0.4, 0.5) is 10.1 Å². The lowest BCUT2D eigenvalue weighted by atomic mass is 10.1. The molecule has 0 aliphatic rings. The molecule has 1 N–H and O–H groups in total. The molecule has 0 saturated carbocycles. The van der Waals surface area contributed by atoms with Crippen LogP contribution in [0.1, 0.15) is 17.9 Å². The van der Waals surface area contributed by atoms with Crippen LogP contribution in [0.25, 0.3) is 22.5 Å². The van der Waals surface area contributed by atoms with Crippen molar-refractivity contribution >= 4 is 22.7 Å². The molecule has 2 heterocycles. The average Bonchev–Trinajstić information content (AvgIpc) is 3.36. The molecule has 1 amide bonds. The smallest absolute Gasteiger partial charge is 0.408 e. The summed E-state index contributed by atoms with van der Waals surface area (Å²) in [4.78, 5) is 30.8. The molecule has 0 aliphatic heterocycles. The molecule has 0 spiro atoms. The van der Waals surface area contributed by atoms with Gasteiger partial charge in [0.05, 0.1) is 5.52 Å². The summed E-state index contributed by atoms with van der Waals surface area (Å²) in [5.74, 6) is -0.321. The molecule has 172 valence electrons. The van der Waals surface area contributed by atoms with Crippen LogP contribution in [-0.2, 0) is 17.8 Å². The number of fused-ring (bicyclic) bond motifs is 1. The Morgan fingerprint density at radius 2 is 2.03 bits per heavy atom. The van der Waals surface area contributed by atoms with Gasteiger partial charge in [-0.05, 0) is 63.0 Å². The summed E-state index contributed by atoms with van der Waals surface area (Å²) in [6, 6.07) is 9.63. The molecule has 0 atom stereocenters. The van der Waals surface area contributed by atoms with Crippen LogP contribution in [0.2, 0.25) is 0 Å². The predicted octanol–water partition coefficient (Wildman–Crippen LogP) is 3.22. The van der Waals surface area contributed by atoms with E-state index in [2.05, 4.69) is 15.5 Å². The average molecular weight is 453 g/mol. The third-order valence-electron chi connectivity index (χ3n) is 5.17. The van der Waals surface area contributed by atoms with Gasteiger partial charge in [-0.25, -0.2) is 9.18 Å². The molecule has 0 unspecified atom stereocenters. The molecule has 4 aromatic rings. The number of aryl methyl sites for hydroxylation is 2. The van der Waals surface area contributed by atoms with Gasteiger partial charge in [-0.1, -0.05) is 5.16 Å². The Balaban J connectivity index is 1.40. The zero-order valence-corrected chi connectivity index (χ0v) is 18.6. The van der Waals surface area contributed by atoms with Crippen molar-refractivity contribution in [2.45, 2.75) is 26.3 Å². The molecule has 33 heavy (non-hydrogen) atoms. The summed E-state index contributed by atoms with van der Waals surface area (Å²) in [5.41, 5.74) is 2.77. The van der Waals surface area contributed by atoms with Crippen LogP contribution in [-0.4, -0.2) is 46.2 Å². The van der Waals surface area contributed by atoms with Gasteiger partial charge in [0.2, 0.25) is 17.6 Å². The maximum Gasteiger partial charge on any atom is 0.419 e. The summed E-state index contributed by atoms with van der Waals surface area (Å²) in [5, 5.41) is 6.73. The van der Waals surface area contributed by atoms with Gasteiger partial charge in [-0.2, -0.15) is 4.98 Å². The molecular weight excluding hydrogens is 429 g/mol. The Labute approximate surface area is 188 Å². The van der Waals surface area contributed by atoms with Gasteiger partial charge >= 0.3 is 5.76 Å². The first-order valence-electron chi connectivity index (χ1n) is 10.5. The largest absolute Gasteiger partial charge is 0.419 e. The van der Waals surface area contributed by atoms with Crippen LogP contribution in [0.15, 0.2) is 50.1 Å². The summed E-state index contributed by atoms with van der Waals surface area (Å²) in [6.45, 7) is 2.81. The number of benzene rings is 2. The van der Waals surface area contributed by atoms with Gasteiger partial charge in [0.25, 0.3) is 0 Å². The fraction of sp³-hybridized carbons (Fsp3) is 0.304. The second-order valence-corrected chi connectivity index (χ2v) is 8.03. The fourth-order valence-electron chi connectivity index (χ4n) is 3.35. The van der Waals surface area contributed by atoms with Crippen LogP contribution < -0.4 is 11.1 Å². The summed E-state index contributed by atoms with van der Waals surface area (Å²) < 4.78 is 25.5. The maximum absolute atomic E-state index is 13.5. The molecule has 2 aromatic heterocycles. The Morgan fingerprint density at radius 3 is 2.79 bits per heavy atom. The number of nitrogens with zero attached hydrogens (tertiary/aromatic N) is 4. The topological polar surface area (TPSA) is 106 Å². The van der Waals surface area contributed by atoms with Crippen molar-refractivity contribution in [1.29, 1.82) is 0 Å². The van der Waals surface area contributed by atoms with E-state index in [0.717, 1.165) is 0 Å². The van der Waals surface area contributed by atoms with E-state index < -0.39 is 5.76 Å².